The summed E-state index contributed by atoms with van der Waals surface area (Å²) in [5, 5.41) is 0. The van der Waals surface area contributed by atoms with E-state index in [1.165, 1.54) is 12.1 Å². The summed E-state index contributed by atoms with van der Waals surface area (Å²) in [5.74, 6) is 0. The zero-order valence-corrected chi connectivity index (χ0v) is 13.4. The highest BCUT2D eigenvalue weighted by atomic mass is 28.4. The Kier molecular flexibility index (Phi) is 6.26. The van der Waals surface area contributed by atoms with Crippen molar-refractivity contribution in [2.75, 3.05) is 6.61 Å². The molecule has 0 aliphatic heterocycles. The molecule has 114 valence electrons. The third kappa shape index (κ3) is 6.09. The minimum atomic E-state index is -4.25. The van der Waals surface area contributed by atoms with Crippen LogP contribution in [0.3, 0.4) is 0 Å². The molecule has 0 saturated heterocycles. The Morgan fingerprint density at radius 2 is 1.85 bits per heavy atom. The second-order valence-electron chi connectivity index (χ2n) is 5.60. The van der Waals surface area contributed by atoms with Crippen molar-refractivity contribution in [1.82, 2.24) is 0 Å². The molecule has 0 amide bonds. The number of hydrogen-bond donors (Lipinski definition) is 0. The van der Waals surface area contributed by atoms with Gasteiger partial charge in [0.1, 0.15) is 0 Å². The standard InChI is InChI=1S/C15H23F3OSi/c1-4-19-20(2,3)11-6-5-8-13-9-7-10-14(12-13)15(16,17)18/h7,9-10,12H,4-6,8,11H2,1-3H3. The van der Waals surface area contributed by atoms with Gasteiger partial charge in [-0.1, -0.05) is 24.6 Å². The van der Waals surface area contributed by atoms with E-state index in [2.05, 4.69) is 13.1 Å². The Hall–Kier alpha value is -0.813. The van der Waals surface area contributed by atoms with Gasteiger partial charge < -0.3 is 4.43 Å². The number of unbranched alkanes of at least 4 members (excludes halogenated alkanes) is 1. The van der Waals surface area contributed by atoms with Crippen molar-refractivity contribution in [3.05, 3.63) is 35.4 Å². The summed E-state index contributed by atoms with van der Waals surface area (Å²) in [6.07, 6.45) is -1.64. The van der Waals surface area contributed by atoms with Crippen molar-refractivity contribution in [2.24, 2.45) is 0 Å². The van der Waals surface area contributed by atoms with Crippen LogP contribution in [0.25, 0.3) is 0 Å². The van der Waals surface area contributed by atoms with E-state index in [9.17, 15) is 13.2 Å². The van der Waals surface area contributed by atoms with E-state index in [0.717, 1.165) is 37.1 Å². The van der Waals surface area contributed by atoms with Gasteiger partial charge in [-0.3, -0.25) is 0 Å². The Balaban J connectivity index is 2.43. The Morgan fingerprint density at radius 3 is 2.45 bits per heavy atom. The molecule has 1 aromatic carbocycles. The average Bonchev–Trinajstić information content (AvgIpc) is 2.34. The third-order valence-electron chi connectivity index (χ3n) is 3.28. The van der Waals surface area contributed by atoms with E-state index in [1.807, 2.05) is 6.92 Å². The third-order valence-corrected chi connectivity index (χ3v) is 5.91. The molecule has 0 aliphatic carbocycles. The molecule has 0 atom stereocenters. The number of rotatable bonds is 7. The van der Waals surface area contributed by atoms with Gasteiger partial charge in [-0.25, -0.2) is 0 Å². The second kappa shape index (κ2) is 7.27. The first-order chi connectivity index (χ1) is 9.24. The first-order valence-corrected chi connectivity index (χ1v) is 10.2. The van der Waals surface area contributed by atoms with Crippen LogP contribution >= 0.6 is 0 Å². The molecule has 0 spiro atoms. The molecule has 0 heterocycles. The van der Waals surface area contributed by atoms with Gasteiger partial charge in [0.2, 0.25) is 0 Å². The molecule has 0 aromatic heterocycles. The molecular weight excluding hydrogens is 281 g/mol. The van der Waals surface area contributed by atoms with E-state index in [0.29, 0.717) is 6.42 Å². The fraction of sp³-hybridized carbons (Fsp3) is 0.600. The maximum Gasteiger partial charge on any atom is 0.416 e. The van der Waals surface area contributed by atoms with E-state index < -0.39 is 20.1 Å². The molecule has 1 nitrogen and oxygen atoms in total. The summed E-state index contributed by atoms with van der Waals surface area (Å²) < 4.78 is 43.5. The number of halogens is 3. The fourth-order valence-electron chi connectivity index (χ4n) is 2.25. The van der Waals surface area contributed by atoms with Crippen LogP contribution in [0.1, 0.15) is 30.9 Å². The monoisotopic (exact) mass is 304 g/mol. The Bertz CT molecular complexity index is 416. The van der Waals surface area contributed by atoms with Gasteiger partial charge >= 0.3 is 6.18 Å². The largest absolute Gasteiger partial charge is 0.418 e. The molecule has 0 unspecified atom stereocenters. The van der Waals surface area contributed by atoms with Crippen molar-refractivity contribution in [3.63, 3.8) is 0 Å². The predicted molar refractivity (Wildman–Crippen MR) is 78.3 cm³/mol. The van der Waals surface area contributed by atoms with Gasteiger partial charge in [0, 0.05) is 6.61 Å². The molecule has 0 fully saturated rings. The van der Waals surface area contributed by atoms with E-state index >= 15 is 0 Å². The van der Waals surface area contributed by atoms with Crippen LogP contribution in [0.4, 0.5) is 13.2 Å². The lowest BCUT2D eigenvalue weighted by atomic mass is 10.1. The second-order valence-corrected chi connectivity index (χ2v) is 9.91. The fourth-order valence-corrected chi connectivity index (χ4v) is 4.27. The smallest absolute Gasteiger partial charge is 0.416 e. The van der Waals surface area contributed by atoms with Crippen LogP contribution in [0.5, 0.6) is 0 Å². The number of benzene rings is 1. The number of hydrogen-bond acceptors (Lipinski definition) is 1. The van der Waals surface area contributed by atoms with E-state index in [-0.39, 0.29) is 0 Å². The van der Waals surface area contributed by atoms with Crippen LogP contribution in [0, 0.1) is 0 Å². The SMILES string of the molecule is CCO[Si](C)(C)CCCCc1cccc(C(F)(F)F)c1. The molecule has 1 aromatic rings. The molecule has 0 N–H and O–H groups in total. The maximum absolute atomic E-state index is 12.6. The van der Waals surface area contributed by atoms with E-state index in [1.54, 1.807) is 6.07 Å². The van der Waals surface area contributed by atoms with Gasteiger partial charge in [0.05, 0.1) is 5.56 Å². The van der Waals surface area contributed by atoms with Crippen LogP contribution in [0.2, 0.25) is 19.1 Å². The molecule has 20 heavy (non-hydrogen) atoms. The van der Waals surface area contributed by atoms with Crippen LogP contribution in [0.15, 0.2) is 24.3 Å². The van der Waals surface area contributed by atoms with Crippen LogP contribution in [-0.4, -0.2) is 14.9 Å². The average molecular weight is 304 g/mol. The molecule has 0 aliphatic rings. The Morgan fingerprint density at radius 1 is 1.15 bits per heavy atom. The van der Waals surface area contributed by atoms with Gasteiger partial charge in [-0.05, 0) is 50.5 Å². The number of aryl methyl sites for hydroxylation is 1. The van der Waals surface area contributed by atoms with Gasteiger partial charge in [-0.2, -0.15) is 13.2 Å². The lowest BCUT2D eigenvalue weighted by Gasteiger charge is -2.21. The molecular formula is C15H23F3OSi. The molecule has 0 radical (unpaired) electrons. The minimum absolute atomic E-state index is 0.556. The summed E-state index contributed by atoms with van der Waals surface area (Å²) in [5.41, 5.74) is 0.203. The van der Waals surface area contributed by atoms with Crippen molar-refractivity contribution in [1.29, 1.82) is 0 Å². The number of alkyl halides is 3. The zero-order valence-electron chi connectivity index (χ0n) is 12.4. The Labute approximate surface area is 120 Å². The quantitative estimate of drug-likeness (QED) is 0.492. The summed E-state index contributed by atoms with van der Waals surface area (Å²) in [4.78, 5) is 0. The van der Waals surface area contributed by atoms with E-state index in [4.69, 9.17) is 4.43 Å². The maximum atomic E-state index is 12.6. The molecule has 0 saturated carbocycles. The van der Waals surface area contributed by atoms with Crippen molar-refractivity contribution >= 4 is 8.32 Å². The highest BCUT2D eigenvalue weighted by molar-refractivity contribution is 6.71. The van der Waals surface area contributed by atoms with Crippen LogP contribution in [-0.2, 0) is 17.0 Å². The summed E-state index contributed by atoms with van der Waals surface area (Å²) in [6.45, 7) is 7.10. The highest BCUT2D eigenvalue weighted by Crippen LogP contribution is 2.29. The normalized spacial score (nSPS) is 12.7. The lowest BCUT2D eigenvalue weighted by Crippen LogP contribution is -2.29. The predicted octanol–water partition coefficient (Wildman–Crippen LogP) is 5.27. The minimum Gasteiger partial charge on any atom is -0.418 e. The summed E-state index contributed by atoms with van der Waals surface area (Å²) in [7, 11) is -1.56. The van der Waals surface area contributed by atoms with Crippen LogP contribution < -0.4 is 0 Å². The molecule has 0 bridgehead atoms. The van der Waals surface area contributed by atoms with Crippen molar-refractivity contribution in [3.8, 4) is 0 Å². The topological polar surface area (TPSA) is 9.23 Å². The summed E-state index contributed by atoms with van der Waals surface area (Å²) in [6, 6.07) is 6.68. The first kappa shape index (κ1) is 17.2. The van der Waals surface area contributed by atoms with Gasteiger partial charge in [0.15, 0.2) is 8.32 Å². The zero-order chi connectivity index (χ0) is 15.2. The molecule has 5 heteroatoms. The van der Waals surface area contributed by atoms with Crippen molar-refractivity contribution < 1.29 is 17.6 Å². The molecule has 1 rings (SSSR count). The van der Waals surface area contributed by atoms with Gasteiger partial charge in [-0.15, -0.1) is 0 Å². The van der Waals surface area contributed by atoms with Gasteiger partial charge in [0.25, 0.3) is 0 Å². The lowest BCUT2D eigenvalue weighted by molar-refractivity contribution is -0.137. The highest BCUT2D eigenvalue weighted by Gasteiger charge is 2.30. The first-order valence-electron chi connectivity index (χ1n) is 7.05. The van der Waals surface area contributed by atoms with Crippen molar-refractivity contribution in [2.45, 2.75) is 51.5 Å². The summed E-state index contributed by atoms with van der Waals surface area (Å²) >= 11 is 0.